The molecule has 92 valence electrons. The quantitative estimate of drug-likeness (QED) is 0.787. The minimum Gasteiger partial charge on any atom is -0.489 e. The molecule has 0 spiro atoms. The highest BCUT2D eigenvalue weighted by molar-refractivity contribution is 5.33. The van der Waals surface area contributed by atoms with Crippen LogP contribution < -0.4 is 4.74 Å². The van der Waals surface area contributed by atoms with Gasteiger partial charge in [0.15, 0.2) is 0 Å². The maximum Gasteiger partial charge on any atom is 0.124 e. The van der Waals surface area contributed by atoms with Crippen molar-refractivity contribution in [1.82, 2.24) is 4.90 Å². The molecule has 1 N–H and O–H groups in total. The van der Waals surface area contributed by atoms with E-state index in [1.165, 1.54) is 5.56 Å². The van der Waals surface area contributed by atoms with E-state index in [0.29, 0.717) is 6.61 Å². The lowest BCUT2D eigenvalue weighted by atomic mass is 10.2. The Labute approximate surface area is 102 Å². The van der Waals surface area contributed by atoms with E-state index in [1.54, 1.807) is 6.08 Å². The Morgan fingerprint density at radius 1 is 1.47 bits per heavy atom. The number of aliphatic hydroxyl groups is 1. The van der Waals surface area contributed by atoms with Crippen molar-refractivity contribution in [2.45, 2.75) is 19.1 Å². The van der Waals surface area contributed by atoms with E-state index in [-0.39, 0.29) is 6.10 Å². The van der Waals surface area contributed by atoms with Gasteiger partial charge in [0.1, 0.15) is 12.4 Å². The molecule has 0 bridgehead atoms. The van der Waals surface area contributed by atoms with Crippen molar-refractivity contribution in [3.8, 4) is 5.75 Å². The molecule has 1 saturated heterocycles. The number of ether oxygens (including phenoxy) is 1. The Morgan fingerprint density at radius 3 is 3.00 bits per heavy atom. The molecule has 1 aliphatic heterocycles. The van der Waals surface area contributed by atoms with Gasteiger partial charge in [0.25, 0.3) is 0 Å². The lowest BCUT2D eigenvalue weighted by Crippen LogP contribution is -2.21. The summed E-state index contributed by atoms with van der Waals surface area (Å²) >= 11 is 0. The van der Waals surface area contributed by atoms with Crippen LogP contribution in [0.2, 0.25) is 0 Å². The first-order valence-electron chi connectivity index (χ1n) is 6.01. The van der Waals surface area contributed by atoms with Gasteiger partial charge in [-0.2, -0.15) is 0 Å². The maximum absolute atomic E-state index is 9.50. The molecule has 1 aliphatic rings. The van der Waals surface area contributed by atoms with Gasteiger partial charge in [-0.3, -0.25) is 4.90 Å². The number of para-hydroxylation sites is 1. The topological polar surface area (TPSA) is 32.7 Å². The van der Waals surface area contributed by atoms with E-state index >= 15 is 0 Å². The van der Waals surface area contributed by atoms with E-state index in [4.69, 9.17) is 4.74 Å². The fourth-order valence-electron chi connectivity index (χ4n) is 2.12. The van der Waals surface area contributed by atoms with Crippen LogP contribution in [0, 0.1) is 0 Å². The summed E-state index contributed by atoms with van der Waals surface area (Å²) in [7, 11) is 0. The Hall–Kier alpha value is -1.32. The summed E-state index contributed by atoms with van der Waals surface area (Å²) in [5.74, 6) is 0.911. The largest absolute Gasteiger partial charge is 0.489 e. The van der Waals surface area contributed by atoms with Crippen LogP contribution in [0.15, 0.2) is 36.9 Å². The summed E-state index contributed by atoms with van der Waals surface area (Å²) in [4.78, 5) is 2.25. The van der Waals surface area contributed by atoms with E-state index in [0.717, 1.165) is 31.8 Å². The predicted molar refractivity (Wildman–Crippen MR) is 68.0 cm³/mol. The molecule has 1 aromatic rings. The molecule has 1 aromatic carbocycles. The van der Waals surface area contributed by atoms with Crippen molar-refractivity contribution < 1.29 is 9.84 Å². The molecule has 0 radical (unpaired) electrons. The molecular weight excluding hydrogens is 214 g/mol. The molecule has 0 saturated carbocycles. The van der Waals surface area contributed by atoms with Crippen LogP contribution in [0.1, 0.15) is 12.0 Å². The van der Waals surface area contributed by atoms with E-state index in [1.807, 2.05) is 18.2 Å². The van der Waals surface area contributed by atoms with Crippen molar-refractivity contribution in [3.63, 3.8) is 0 Å². The van der Waals surface area contributed by atoms with Crippen LogP contribution in [0.5, 0.6) is 5.75 Å². The minimum atomic E-state index is -0.170. The van der Waals surface area contributed by atoms with E-state index < -0.39 is 0 Å². The maximum atomic E-state index is 9.50. The second-order valence-corrected chi connectivity index (χ2v) is 4.39. The highest BCUT2D eigenvalue weighted by Gasteiger charge is 2.20. The summed E-state index contributed by atoms with van der Waals surface area (Å²) in [5, 5.41) is 9.50. The third kappa shape index (κ3) is 3.32. The van der Waals surface area contributed by atoms with Gasteiger partial charge in [-0.1, -0.05) is 30.9 Å². The average molecular weight is 233 g/mol. The molecule has 0 unspecified atom stereocenters. The average Bonchev–Trinajstić information content (AvgIpc) is 2.74. The molecule has 1 fully saturated rings. The standard InChI is InChI=1S/C14H19NO2/c1-2-9-17-14-6-4-3-5-12(14)10-15-8-7-13(16)11-15/h2-6,13,16H,1,7-11H2/t13-/m0/s1. The summed E-state index contributed by atoms with van der Waals surface area (Å²) in [5.41, 5.74) is 1.17. The molecule has 2 rings (SSSR count). The third-order valence-electron chi connectivity index (χ3n) is 2.97. The summed E-state index contributed by atoms with van der Waals surface area (Å²) in [6.45, 7) is 6.73. The first kappa shape index (κ1) is 12.1. The van der Waals surface area contributed by atoms with Gasteiger partial charge in [0.2, 0.25) is 0 Å². The molecule has 1 atom stereocenters. The normalized spacial score (nSPS) is 20.4. The fraction of sp³-hybridized carbons (Fsp3) is 0.429. The summed E-state index contributed by atoms with van der Waals surface area (Å²) < 4.78 is 5.62. The highest BCUT2D eigenvalue weighted by atomic mass is 16.5. The van der Waals surface area contributed by atoms with Crippen molar-refractivity contribution in [2.24, 2.45) is 0 Å². The van der Waals surface area contributed by atoms with Gasteiger partial charge >= 0.3 is 0 Å². The van der Waals surface area contributed by atoms with E-state index in [9.17, 15) is 5.11 Å². The number of nitrogens with zero attached hydrogens (tertiary/aromatic N) is 1. The van der Waals surface area contributed by atoms with Crippen molar-refractivity contribution in [1.29, 1.82) is 0 Å². The SMILES string of the molecule is C=CCOc1ccccc1CN1CC[C@H](O)C1. The zero-order valence-corrected chi connectivity index (χ0v) is 10.0. The lowest BCUT2D eigenvalue weighted by Gasteiger charge is -2.17. The number of β-amino-alcohol motifs (C(OH)–C–C–N with tert-alkyl or cyclic N) is 1. The molecule has 0 aromatic heterocycles. The second-order valence-electron chi connectivity index (χ2n) is 4.39. The molecule has 3 nitrogen and oxygen atoms in total. The smallest absolute Gasteiger partial charge is 0.124 e. The molecule has 3 heteroatoms. The Balaban J connectivity index is 2.01. The van der Waals surface area contributed by atoms with Gasteiger partial charge in [0.05, 0.1) is 6.10 Å². The Morgan fingerprint density at radius 2 is 2.29 bits per heavy atom. The van der Waals surface area contributed by atoms with Gasteiger partial charge in [0, 0.05) is 25.2 Å². The lowest BCUT2D eigenvalue weighted by molar-refractivity contribution is 0.174. The number of benzene rings is 1. The van der Waals surface area contributed by atoms with Crippen LogP contribution in [0.4, 0.5) is 0 Å². The second kappa shape index (κ2) is 5.84. The molecule has 0 amide bonds. The van der Waals surface area contributed by atoms with Crippen LogP contribution in [-0.4, -0.2) is 35.8 Å². The highest BCUT2D eigenvalue weighted by Crippen LogP contribution is 2.22. The van der Waals surface area contributed by atoms with Crippen molar-refractivity contribution in [2.75, 3.05) is 19.7 Å². The number of hydrogen-bond acceptors (Lipinski definition) is 3. The molecule has 1 heterocycles. The molecule has 0 aliphatic carbocycles. The van der Waals surface area contributed by atoms with Crippen molar-refractivity contribution >= 4 is 0 Å². The van der Waals surface area contributed by atoms with Gasteiger partial charge < -0.3 is 9.84 Å². The molecule has 17 heavy (non-hydrogen) atoms. The summed E-state index contributed by atoms with van der Waals surface area (Å²) in [6.07, 6.45) is 2.45. The first-order valence-corrected chi connectivity index (χ1v) is 6.01. The first-order chi connectivity index (χ1) is 8.29. The van der Waals surface area contributed by atoms with Crippen LogP contribution in [0.25, 0.3) is 0 Å². The third-order valence-corrected chi connectivity index (χ3v) is 2.97. The fourth-order valence-corrected chi connectivity index (χ4v) is 2.12. The van der Waals surface area contributed by atoms with Crippen LogP contribution in [-0.2, 0) is 6.54 Å². The Kier molecular flexibility index (Phi) is 4.18. The zero-order valence-electron chi connectivity index (χ0n) is 10.0. The number of rotatable bonds is 5. The minimum absolute atomic E-state index is 0.170. The molecular formula is C14H19NO2. The van der Waals surface area contributed by atoms with Crippen molar-refractivity contribution in [3.05, 3.63) is 42.5 Å². The van der Waals surface area contributed by atoms with Crippen LogP contribution in [0.3, 0.4) is 0 Å². The predicted octanol–water partition coefficient (Wildman–Crippen LogP) is 1.82. The Bertz CT molecular complexity index is 378. The van der Waals surface area contributed by atoms with Crippen LogP contribution >= 0.6 is 0 Å². The zero-order chi connectivity index (χ0) is 12.1. The van der Waals surface area contributed by atoms with Gasteiger partial charge in [-0.15, -0.1) is 0 Å². The number of likely N-dealkylation sites (tertiary alicyclic amines) is 1. The summed E-state index contributed by atoms with van der Waals surface area (Å²) in [6, 6.07) is 8.04. The monoisotopic (exact) mass is 233 g/mol. The van der Waals surface area contributed by atoms with Gasteiger partial charge in [-0.05, 0) is 12.5 Å². The van der Waals surface area contributed by atoms with Gasteiger partial charge in [-0.25, -0.2) is 0 Å². The number of hydrogen-bond donors (Lipinski definition) is 1. The van der Waals surface area contributed by atoms with E-state index in [2.05, 4.69) is 17.5 Å². The number of aliphatic hydroxyl groups excluding tert-OH is 1.